The van der Waals surface area contributed by atoms with Crippen LogP contribution in [0, 0.1) is 18.8 Å². The SMILES string of the molecule is Cc1cc(C(=O)N2CC3COCC3C2)ncc1-c1cc2nccc(Cl)c2o1. The quantitative estimate of drug-likeness (QED) is 0.676. The number of furan rings is 1. The van der Waals surface area contributed by atoms with Gasteiger partial charge >= 0.3 is 0 Å². The smallest absolute Gasteiger partial charge is 0.272 e. The van der Waals surface area contributed by atoms with Crippen LogP contribution >= 0.6 is 11.6 Å². The predicted octanol–water partition coefficient (Wildman–Crippen LogP) is 3.57. The van der Waals surface area contributed by atoms with Crippen molar-refractivity contribution >= 4 is 28.6 Å². The van der Waals surface area contributed by atoms with E-state index in [2.05, 4.69) is 9.97 Å². The van der Waals surface area contributed by atoms with Crippen LogP contribution in [0.5, 0.6) is 0 Å². The molecule has 7 heteroatoms. The molecule has 2 aliphatic heterocycles. The molecule has 6 nitrogen and oxygen atoms in total. The highest BCUT2D eigenvalue weighted by molar-refractivity contribution is 6.34. The lowest BCUT2D eigenvalue weighted by Crippen LogP contribution is -2.31. The lowest BCUT2D eigenvalue weighted by atomic mass is 10.0. The second kappa shape index (κ2) is 6.32. The normalized spacial score (nSPS) is 21.8. The molecule has 5 heterocycles. The third-order valence-electron chi connectivity index (χ3n) is 5.49. The Bertz CT molecular complexity index is 1040. The number of carbonyl (C=O) groups excluding carboxylic acids is 1. The summed E-state index contributed by atoms with van der Waals surface area (Å²) in [7, 11) is 0. The molecular formula is C20H18ClN3O3. The molecule has 138 valence electrons. The molecule has 2 saturated heterocycles. The monoisotopic (exact) mass is 383 g/mol. The van der Waals surface area contributed by atoms with Gasteiger partial charge < -0.3 is 14.1 Å². The highest BCUT2D eigenvalue weighted by Gasteiger charge is 2.39. The first-order valence-corrected chi connectivity index (χ1v) is 9.36. The number of nitrogens with zero attached hydrogens (tertiary/aromatic N) is 3. The molecule has 0 aliphatic carbocycles. The van der Waals surface area contributed by atoms with Gasteiger partial charge in [0.25, 0.3) is 5.91 Å². The van der Waals surface area contributed by atoms with Gasteiger partial charge in [-0.1, -0.05) is 11.6 Å². The molecule has 2 aliphatic rings. The van der Waals surface area contributed by atoms with Crippen LogP contribution in [0.2, 0.25) is 5.02 Å². The second-order valence-electron chi connectivity index (χ2n) is 7.27. The molecule has 2 unspecified atom stereocenters. The van der Waals surface area contributed by atoms with Gasteiger partial charge in [-0.25, -0.2) is 0 Å². The van der Waals surface area contributed by atoms with E-state index in [1.165, 1.54) is 0 Å². The zero-order chi connectivity index (χ0) is 18.5. The maximum absolute atomic E-state index is 12.8. The molecule has 0 bridgehead atoms. The summed E-state index contributed by atoms with van der Waals surface area (Å²) in [5.74, 6) is 1.54. The number of hydrogen-bond acceptors (Lipinski definition) is 5. The molecule has 3 aromatic rings. The lowest BCUT2D eigenvalue weighted by molar-refractivity contribution is 0.0745. The highest BCUT2D eigenvalue weighted by Crippen LogP contribution is 2.33. The van der Waals surface area contributed by atoms with Gasteiger partial charge in [0.2, 0.25) is 0 Å². The molecule has 0 radical (unpaired) electrons. The molecule has 0 spiro atoms. The van der Waals surface area contributed by atoms with Crippen molar-refractivity contribution in [3.8, 4) is 11.3 Å². The maximum atomic E-state index is 12.8. The van der Waals surface area contributed by atoms with Crippen LogP contribution in [-0.4, -0.2) is 47.1 Å². The van der Waals surface area contributed by atoms with E-state index in [1.54, 1.807) is 18.5 Å². The van der Waals surface area contributed by atoms with Crippen LogP contribution < -0.4 is 0 Å². The molecule has 0 aromatic carbocycles. The number of aromatic nitrogens is 2. The minimum absolute atomic E-state index is 0.0200. The zero-order valence-electron chi connectivity index (χ0n) is 14.8. The van der Waals surface area contributed by atoms with Crippen LogP contribution in [0.1, 0.15) is 16.1 Å². The fourth-order valence-corrected chi connectivity index (χ4v) is 4.18. The van der Waals surface area contributed by atoms with Crippen molar-refractivity contribution in [2.75, 3.05) is 26.3 Å². The number of fused-ring (bicyclic) bond motifs is 2. The topological polar surface area (TPSA) is 68.5 Å². The molecule has 5 rings (SSSR count). The van der Waals surface area contributed by atoms with E-state index in [-0.39, 0.29) is 5.91 Å². The Kier molecular flexibility index (Phi) is 3.91. The first-order valence-electron chi connectivity index (χ1n) is 8.98. The van der Waals surface area contributed by atoms with Crippen molar-refractivity contribution < 1.29 is 13.9 Å². The molecule has 2 atom stereocenters. The summed E-state index contributed by atoms with van der Waals surface area (Å²) in [6, 6.07) is 5.36. The number of amides is 1. The number of carbonyl (C=O) groups is 1. The Morgan fingerprint density at radius 1 is 1.22 bits per heavy atom. The van der Waals surface area contributed by atoms with Crippen LogP contribution in [0.15, 0.2) is 35.0 Å². The van der Waals surface area contributed by atoms with Gasteiger partial charge in [-0.2, -0.15) is 0 Å². The number of likely N-dealkylation sites (tertiary alicyclic amines) is 1. The summed E-state index contributed by atoms with van der Waals surface area (Å²) < 4.78 is 11.4. The fraction of sp³-hybridized carbons (Fsp3) is 0.350. The van der Waals surface area contributed by atoms with E-state index in [9.17, 15) is 4.79 Å². The Hall–Kier alpha value is -2.44. The summed E-state index contributed by atoms with van der Waals surface area (Å²) in [4.78, 5) is 23.4. The minimum Gasteiger partial charge on any atom is -0.453 e. The van der Waals surface area contributed by atoms with Crippen LogP contribution in [0.4, 0.5) is 0 Å². The van der Waals surface area contributed by atoms with Gasteiger partial charge in [-0.05, 0) is 24.6 Å². The van der Waals surface area contributed by atoms with Gasteiger partial charge in [0.15, 0.2) is 5.58 Å². The standard InChI is InChI=1S/C20H18ClN3O3/c1-11-4-17(20(25)24-7-12-9-26-10-13(12)8-24)23-6-14(11)18-5-16-19(27-18)15(21)2-3-22-16/h2-6,12-13H,7-10H2,1H3. The lowest BCUT2D eigenvalue weighted by Gasteiger charge is -2.17. The summed E-state index contributed by atoms with van der Waals surface area (Å²) >= 11 is 6.17. The van der Waals surface area contributed by atoms with Gasteiger partial charge in [-0.15, -0.1) is 0 Å². The summed E-state index contributed by atoms with van der Waals surface area (Å²) in [6.07, 6.45) is 3.33. The first-order chi connectivity index (χ1) is 13.1. The van der Waals surface area contributed by atoms with Crippen LogP contribution in [0.25, 0.3) is 22.4 Å². The number of halogens is 1. The average Bonchev–Trinajstić information content (AvgIpc) is 3.35. The summed E-state index contributed by atoms with van der Waals surface area (Å²) in [6.45, 7) is 4.95. The number of aryl methyl sites for hydroxylation is 1. The molecule has 27 heavy (non-hydrogen) atoms. The fourth-order valence-electron chi connectivity index (χ4n) is 3.99. The second-order valence-corrected chi connectivity index (χ2v) is 7.68. The Morgan fingerprint density at radius 2 is 2.00 bits per heavy atom. The van der Waals surface area contributed by atoms with Gasteiger partial charge in [-0.3, -0.25) is 14.8 Å². The molecule has 2 fully saturated rings. The van der Waals surface area contributed by atoms with E-state index in [4.69, 9.17) is 20.8 Å². The van der Waals surface area contributed by atoms with Crippen molar-refractivity contribution in [3.63, 3.8) is 0 Å². The third-order valence-corrected chi connectivity index (χ3v) is 5.78. The largest absolute Gasteiger partial charge is 0.453 e. The highest BCUT2D eigenvalue weighted by atomic mass is 35.5. The summed E-state index contributed by atoms with van der Waals surface area (Å²) in [5.41, 5.74) is 3.46. The number of pyridine rings is 2. The molecule has 0 saturated carbocycles. The van der Waals surface area contributed by atoms with Crippen molar-refractivity contribution in [3.05, 3.63) is 46.9 Å². The first kappa shape index (κ1) is 16.7. The van der Waals surface area contributed by atoms with E-state index in [0.717, 1.165) is 37.4 Å². The number of rotatable bonds is 2. The van der Waals surface area contributed by atoms with E-state index < -0.39 is 0 Å². The van der Waals surface area contributed by atoms with E-state index in [1.807, 2.05) is 24.0 Å². The average molecular weight is 384 g/mol. The molecule has 3 aromatic heterocycles. The van der Waals surface area contributed by atoms with E-state index >= 15 is 0 Å². The minimum atomic E-state index is -0.0200. The maximum Gasteiger partial charge on any atom is 0.272 e. The number of hydrogen-bond donors (Lipinski definition) is 0. The number of ether oxygens (including phenoxy) is 1. The predicted molar refractivity (Wildman–Crippen MR) is 101 cm³/mol. The van der Waals surface area contributed by atoms with Crippen molar-refractivity contribution in [1.29, 1.82) is 0 Å². The Morgan fingerprint density at radius 3 is 2.70 bits per heavy atom. The van der Waals surface area contributed by atoms with Crippen LogP contribution in [0.3, 0.4) is 0 Å². The Labute approximate surface area is 161 Å². The van der Waals surface area contributed by atoms with Gasteiger partial charge in [0, 0.05) is 48.9 Å². The van der Waals surface area contributed by atoms with Crippen molar-refractivity contribution in [2.24, 2.45) is 11.8 Å². The molecular weight excluding hydrogens is 366 g/mol. The van der Waals surface area contributed by atoms with Crippen LogP contribution in [-0.2, 0) is 4.74 Å². The Balaban J connectivity index is 1.43. The van der Waals surface area contributed by atoms with Gasteiger partial charge in [0.1, 0.15) is 17.0 Å². The van der Waals surface area contributed by atoms with Crippen molar-refractivity contribution in [1.82, 2.24) is 14.9 Å². The van der Waals surface area contributed by atoms with E-state index in [0.29, 0.717) is 39.4 Å². The molecule has 1 amide bonds. The zero-order valence-corrected chi connectivity index (χ0v) is 15.6. The third kappa shape index (κ3) is 2.80. The summed E-state index contributed by atoms with van der Waals surface area (Å²) in [5, 5.41) is 0.521. The van der Waals surface area contributed by atoms with Gasteiger partial charge in [0.05, 0.1) is 18.2 Å². The molecule has 0 N–H and O–H groups in total. The van der Waals surface area contributed by atoms with Crippen molar-refractivity contribution in [2.45, 2.75) is 6.92 Å².